The molecule has 0 radical (unpaired) electrons. The number of ether oxygens (including phenoxy) is 2. The fourth-order valence-corrected chi connectivity index (χ4v) is 4.74. The second-order valence-corrected chi connectivity index (χ2v) is 10.1. The molecule has 2 aliphatic heterocycles. The van der Waals surface area contributed by atoms with Crippen molar-refractivity contribution in [2.24, 2.45) is 11.8 Å². The Bertz CT molecular complexity index is 800. The van der Waals surface area contributed by atoms with E-state index in [1.54, 1.807) is 6.07 Å². The molecule has 2 unspecified atom stereocenters. The minimum absolute atomic E-state index is 0.00862. The van der Waals surface area contributed by atoms with Gasteiger partial charge in [-0.15, -0.1) is 0 Å². The fraction of sp³-hybridized carbons (Fsp3) is 0.667. The molecule has 0 aromatic heterocycles. The van der Waals surface area contributed by atoms with Gasteiger partial charge in [-0.1, -0.05) is 0 Å². The van der Waals surface area contributed by atoms with Crippen LogP contribution in [0.3, 0.4) is 0 Å². The first-order valence-corrected chi connectivity index (χ1v) is 11.2. The standard InChI is InChI=1S/C24H32FNO4/c1-24(2,3)30-23(28)26-18-5-4-6-19(26)12-16(11-18)22(27)20-13-17(25)9-10-21(20)29-14-15-7-8-15/h9-10,13,15-16,18-19H,4-8,11-12,14H2,1-3H3. The van der Waals surface area contributed by atoms with Crippen molar-refractivity contribution in [1.29, 1.82) is 0 Å². The van der Waals surface area contributed by atoms with Crippen LogP contribution in [0.5, 0.6) is 5.75 Å². The number of nitrogens with zero attached hydrogens (tertiary/aromatic N) is 1. The van der Waals surface area contributed by atoms with Crippen LogP contribution in [0.4, 0.5) is 9.18 Å². The fourth-order valence-electron chi connectivity index (χ4n) is 4.74. The Morgan fingerprint density at radius 2 is 1.77 bits per heavy atom. The van der Waals surface area contributed by atoms with E-state index in [0.29, 0.717) is 36.7 Å². The average Bonchev–Trinajstić information content (AvgIpc) is 3.48. The van der Waals surface area contributed by atoms with Crippen molar-refractivity contribution in [2.75, 3.05) is 6.61 Å². The highest BCUT2D eigenvalue weighted by molar-refractivity contribution is 6.00. The molecule has 1 amide bonds. The summed E-state index contributed by atoms with van der Waals surface area (Å²) in [6.45, 7) is 6.17. The molecule has 4 rings (SSSR count). The quantitative estimate of drug-likeness (QED) is 0.605. The molecule has 2 atom stereocenters. The van der Waals surface area contributed by atoms with Crippen molar-refractivity contribution < 1.29 is 23.5 Å². The Morgan fingerprint density at radius 1 is 1.10 bits per heavy atom. The van der Waals surface area contributed by atoms with E-state index in [9.17, 15) is 14.0 Å². The third-order valence-electron chi connectivity index (χ3n) is 6.33. The maximum atomic E-state index is 14.0. The van der Waals surface area contributed by atoms with E-state index in [-0.39, 0.29) is 29.9 Å². The van der Waals surface area contributed by atoms with E-state index in [1.807, 2.05) is 25.7 Å². The lowest BCUT2D eigenvalue weighted by Crippen LogP contribution is -2.56. The highest BCUT2D eigenvalue weighted by atomic mass is 19.1. The summed E-state index contributed by atoms with van der Waals surface area (Å²) < 4.78 is 25.5. The number of carbonyl (C=O) groups is 2. The topological polar surface area (TPSA) is 55.8 Å². The summed E-state index contributed by atoms with van der Waals surface area (Å²) >= 11 is 0. The number of hydrogen-bond donors (Lipinski definition) is 0. The molecule has 30 heavy (non-hydrogen) atoms. The van der Waals surface area contributed by atoms with Crippen molar-refractivity contribution in [3.8, 4) is 5.75 Å². The van der Waals surface area contributed by atoms with E-state index in [0.717, 1.165) is 32.1 Å². The number of benzene rings is 1. The molecule has 1 aliphatic carbocycles. The molecule has 3 aliphatic rings. The summed E-state index contributed by atoms with van der Waals surface area (Å²) in [6, 6.07) is 4.21. The molecule has 2 saturated heterocycles. The van der Waals surface area contributed by atoms with Crippen molar-refractivity contribution in [3.63, 3.8) is 0 Å². The van der Waals surface area contributed by atoms with Gasteiger partial charge in [0.15, 0.2) is 5.78 Å². The Hall–Kier alpha value is -2.11. The Labute approximate surface area is 177 Å². The van der Waals surface area contributed by atoms with E-state index in [4.69, 9.17) is 9.47 Å². The molecule has 1 saturated carbocycles. The van der Waals surface area contributed by atoms with Crippen LogP contribution in [0.25, 0.3) is 0 Å². The van der Waals surface area contributed by atoms with Crippen LogP contribution in [-0.2, 0) is 4.74 Å². The molecule has 164 valence electrons. The van der Waals surface area contributed by atoms with Gasteiger partial charge in [-0.3, -0.25) is 4.79 Å². The van der Waals surface area contributed by atoms with E-state index >= 15 is 0 Å². The summed E-state index contributed by atoms with van der Waals surface area (Å²) in [5.74, 6) is 0.302. The zero-order valence-electron chi connectivity index (χ0n) is 18.2. The average molecular weight is 418 g/mol. The number of fused-ring (bicyclic) bond motifs is 2. The molecular weight excluding hydrogens is 385 g/mol. The smallest absolute Gasteiger partial charge is 0.410 e. The largest absolute Gasteiger partial charge is 0.493 e. The highest BCUT2D eigenvalue weighted by Gasteiger charge is 2.44. The van der Waals surface area contributed by atoms with Gasteiger partial charge in [-0.25, -0.2) is 9.18 Å². The maximum absolute atomic E-state index is 14.0. The van der Waals surface area contributed by atoms with Crippen LogP contribution in [0.2, 0.25) is 0 Å². The number of Topliss-reactive ketones (excluding diaryl/α,β-unsaturated/α-hetero) is 1. The van der Waals surface area contributed by atoms with E-state index in [1.165, 1.54) is 12.1 Å². The van der Waals surface area contributed by atoms with Gasteiger partial charge in [0.05, 0.1) is 12.2 Å². The SMILES string of the molecule is CC(C)(C)OC(=O)N1C2CCCC1CC(C(=O)c1cc(F)ccc1OCC1CC1)C2. The predicted molar refractivity (Wildman–Crippen MR) is 111 cm³/mol. The first-order chi connectivity index (χ1) is 14.2. The number of hydrogen-bond acceptors (Lipinski definition) is 4. The molecule has 2 heterocycles. The van der Waals surface area contributed by atoms with E-state index < -0.39 is 11.4 Å². The number of piperidine rings is 2. The van der Waals surface area contributed by atoms with Crippen molar-refractivity contribution in [1.82, 2.24) is 4.90 Å². The monoisotopic (exact) mass is 417 g/mol. The van der Waals surface area contributed by atoms with Gasteiger partial charge in [0, 0.05) is 18.0 Å². The van der Waals surface area contributed by atoms with Gasteiger partial charge in [0.1, 0.15) is 17.2 Å². The first-order valence-electron chi connectivity index (χ1n) is 11.2. The molecular formula is C24H32FNO4. The molecule has 5 nitrogen and oxygen atoms in total. The summed E-state index contributed by atoms with van der Waals surface area (Å²) in [7, 11) is 0. The molecule has 0 N–H and O–H groups in total. The summed E-state index contributed by atoms with van der Waals surface area (Å²) in [5, 5.41) is 0. The third-order valence-corrected chi connectivity index (χ3v) is 6.33. The van der Waals surface area contributed by atoms with Crippen LogP contribution < -0.4 is 4.74 Å². The van der Waals surface area contributed by atoms with Crippen LogP contribution in [0.15, 0.2) is 18.2 Å². The molecule has 1 aromatic rings. The summed E-state index contributed by atoms with van der Waals surface area (Å²) in [5.41, 5.74) is -0.211. The first kappa shape index (κ1) is 21.1. The lowest BCUT2D eigenvalue weighted by Gasteiger charge is -2.48. The van der Waals surface area contributed by atoms with Crippen molar-refractivity contribution in [2.45, 2.75) is 83.4 Å². The van der Waals surface area contributed by atoms with Gasteiger partial charge >= 0.3 is 6.09 Å². The molecule has 2 bridgehead atoms. The van der Waals surface area contributed by atoms with Gasteiger partial charge in [0.2, 0.25) is 0 Å². The molecule has 3 fully saturated rings. The number of amides is 1. The summed E-state index contributed by atoms with van der Waals surface area (Å²) in [6.07, 6.45) is 5.98. The number of halogens is 1. The normalized spacial score (nSPS) is 26.3. The number of carbonyl (C=O) groups excluding carboxylic acids is 2. The van der Waals surface area contributed by atoms with Gasteiger partial charge in [-0.05, 0) is 89.8 Å². The number of ketones is 1. The lowest BCUT2D eigenvalue weighted by atomic mass is 9.75. The Morgan fingerprint density at radius 3 is 2.37 bits per heavy atom. The third kappa shape index (κ3) is 4.79. The number of rotatable bonds is 5. The lowest BCUT2D eigenvalue weighted by molar-refractivity contribution is -0.0261. The minimum atomic E-state index is -0.548. The Balaban J connectivity index is 1.50. The second kappa shape index (κ2) is 8.20. The van der Waals surface area contributed by atoms with Crippen LogP contribution >= 0.6 is 0 Å². The Kier molecular flexibility index (Phi) is 5.78. The van der Waals surface area contributed by atoms with Crippen molar-refractivity contribution >= 4 is 11.9 Å². The van der Waals surface area contributed by atoms with Gasteiger partial charge in [-0.2, -0.15) is 0 Å². The summed E-state index contributed by atoms with van der Waals surface area (Å²) in [4.78, 5) is 28.0. The predicted octanol–water partition coefficient (Wildman–Crippen LogP) is 5.37. The van der Waals surface area contributed by atoms with E-state index in [2.05, 4.69) is 0 Å². The maximum Gasteiger partial charge on any atom is 0.410 e. The van der Waals surface area contributed by atoms with Crippen LogP contribution in [0.1, 0.15) is 76.1 Å². The highest BCUT2D eigenvalue weighted by Crippen LogP contribution is 2.40. The second-order valence-electron chi connectivity index (χ2n) is 10.1. The van der Waals surface area contributed by atoms with Crippen LogP contribution in [0, 0.1) is 17.7 Å². The van der Waals surface area contributed by atoms with Crippen molar-refractivity contribution in [3.05, 3.63) is 29.6 Å². The zero-order valence-corrected chi connectivity index (χ0v) is 18.2. The molecule has 0 spiro atoms. The zero-order chi connectivity index (χ0) is 21.5. The minimum Gasteiger partial charge on any atom is -0.493 e. The molecule has 6 heteroatoms. The molecule has 1 aromatic carbocycles. The van der Waals surface area contributed by atoms with Gasteiger partial charge in [0.25, 0.3) is 0 Å². The van der Waals surface area contributed by atoms with Crippen LogP contribution in [-0.4, -0.2) is 41.1 Å². The van der Waals surface area contributed by atoms with Gasteiger partial charge < -0.3 is 14.4 Å².